The largest absolute Gasteiger partial charge is 0.450 e. The summed E-state index contributed by atoms with van der Waals surface area (Å²) < 4.78 is 4.93. The monoisotopic (exact) mass is 273 g/mol. The summed E-state index contributed by atoms with van der Waals surface area (Å²) in [6.45, 7) is 6.17. The van der Waals surface area contributed by atoms with E-state index in [-0.39, 0.29) is 12.0 Å². The molecule has 2 aromatic rings. The zero-order valence-corrected chi connectivity index (χ0v) is 12.0. The summed E-state index contributed by atoms with van der Waals surface area (Å²) in [5.41, 5.74) is 2.41. The number of rotatable bonds is 4. The maximum Gasteiger partial charge on any atom is 0.407 e. The van der Waals surface area contributed by atoms with Crippen molar-refractivity contribution in [3.05, 3.63) is 36.2 Å². The fraction of sp³-hybridized carbons (Fsp3) is 0.400. The van der Waals surface area contributed by atoms with Gasteiger partial charge in [-0.2, -0.15) is 0 Å². The topological polar surface area (TPSA) is 64.1 Å². The molecular weight excluding hydrogens is 254 g/mol. The number of hydrogen-bond donors (Lipinski definition) is 1. The third-order valence-corrected chi connectivity index (χ3v) is 3.00. The average Bonchev–Trinajstić information content (AvgIpc) is 2.44. The molecule has 0 spiro atoms. The second-order valence-electron chi connectivity index (χ2n) is 4.87. The number of carbonyl (C=O) groups excluding carboxylic acids is 1. The van der Waals surface area contributed by atoms with Gasteiger partial charge < -0.3 is 10.1 Å². The number of carbonyl (C=O) groups is 1. The van der Waals surface area contributed by atoms with Crippen molar-refractivity contribution in [2.45, 2.75) is 26.8 Å². The molecule has 0 saturated carbocycles. The van der Waals surface area contributed by atoms with Crippen molar-refractivity contribution in [3.63, 3.8) is 0 Å². The second kappa shape index (κ2) is 6.32. The molecule has 20 heavy (non-hydrogen) atoms. The number of alkyl carbamates (subject to hydrolysis) is 1. The molecule has 5 heteroatoms. The Labute approximate surface area is 118 Å². The molecule has 1 N–H and O–H groups in total. The lowest BCUT2D eigenvalue weighted by atomic mass is 10.0. The maximum absolute atomic E-state index is 11.6. The van der Waals surface area contributed by atoms with Gasteiger partial charge in [-0.1, -0.05) is 26.0 Å². The van der Waals surface area contributed by atoms with E-state index in [1.54, 1.807) is 13.1 Å². The number of benzene rings is 1. The molecule has 0 aliphatic carbocycles. The van der Waals surface area contributed by atoms with E-state index in [4.69, 9.17) is 4.74 Å². The third kappa shape index (κ3) is 3.23. The minimum Gasteiger partial charge on any atom is -0.450 e. The first-order chi connectivity index (χ1) is 9.61. The molecule has 2 rings (SSSR count). The zero-order valence-electron chi connectivity index (χ0n) is 12.0. The molecule has 0 unspecified atom stereocenters. The van der Waals surface area contributed by atoms with Gasteiger partial charge in [-0.25, -0.2) is 9.78 Å². The Morgan fingerprint density at radius 3 is 2.65 bits per heavy atom. The van der Waals surface area contributed by atoms with Gasteiger partial charge in [0.1, 0.15) is 0 Å². The van der Waals surface area contributed by atoms with Crippen molar-refractivity contribution in [1.29, 1.82) is 0 Å². The molecule has 1 heterocycles. The molecule has 1 aromatic heterocycles. The first-order valence-electron chi connectivity index (χ1n) is 6.76. The lowest BCUT2D eigenvalue weighted by molar-refractivity contribution is 0.144. The third-order valence-electron chi connectivity index (χ3n) is 3.00. The maximum atomic E-state index is 11.6. The van der Waals surface area contributed by atoms with Crippen LogP contribution >= 0.6 is 0 Å². The quantitative estimate of drug-likeness (QED) is 0.929. The molecule has 0 radical (unpaired) electrons. The van der Waals surface area contributed by atoms with E-state index in [9.17, 15) is 4.79 Å². The molecule has 1 atom stereocenters. The van der Waals surface area contributed by atoms with Crippen molar-refractivity contribution in [2.24, 2.45) is 5.92 Å². The van der Waals surface area contributed by atoms with Crippen LogP contribution in [-0.4, -0.2) is 22.7 Å². The van der Waals surface area contributed by atoms with Crippen LogP contribution in [0.3, 0.4) is 0 Å². The minimum atomic E-state index is -0.429. The Morgan fingerprint density at radius 2 is 2.00 bits per heavy atom. The number of hydrogen-bond acceptors (Lipinski definition) is 4. The van der Waals surface area contributed by atoms with Crippen LogP contribution in [0, 0.1) is 5.92 Å². The van der Waals surface area contributed by atoms with Gasteiger partial charge in [0.2, 0.25) is 0 Å². The lowest BCUT2D eigenvalue weighted by Gasteiger charge is -2.21. The molecular formula is C15H19N3O2. The van der Waals surface area contributed by atoms with E-state index < -0.39 is 6.09 Å². The van der Waals surface area contributed by atoms with Crippen LogP contribution in [0.15, 0.2) is 30.5 Å². The van der Waals surface area contributed by atoms with Crippen LogP contribution in [0.25, 0.3) is 11.0 Å². The van der Waals surface area contributed by atoms with Crippen molar-refractivity contribution < 1.29 is 9.53 Å². The molecule has 0 aliphatic rings. The standard InChI is InChI=1S/C15H19N3O2/c1-4-20-15(19)18-14(10(2)3)13-9-16-11-7-5-6-8-12(11)17-13/h5-10,14H,4H2,1-3H3,(H,18,19)/t14-/m0/s1. The van der Waals surface area contributed by atoms with Crippen molar-refractivity contribution in [2.75, 3.05) is 6.61 Å². The SMILES string of the molecule is CCOC(=O)N[C@H](c1cnc2ccccc2n1)C(C)C. The Hall–Kier alpha value is -2.17. The first kappa shape index (κ1) is 14.2. The van der Waals surface area contributed by atoms with E-state index in [1.165, 1.54) is 0 Å². The molecule has 0 aliphatic heterocycles. The van der Waals surface area contributed by atoms with E-state index in [2.05, 4.69) is 15.3 Å². The Bertz CT molecular complexity index is 598. The van der Waals surface area contributed by atoms with Crippen LogP contribution < -0.4 is 5.32 Å². The molecule has 1 amide bonds. The Kier molecular flexibility index (Phi) is 4.50. The number of aromatic nitrogens is 2. The summed E-state index contributed by atoms with van der Waals surface area (Å²) >= 11 is 0. The fourth-order valence-corrected chi connectivity index (χ4v) is 2.00. The number of para-hydroxylation sites is 2. The highest BCUT2D eigenvalue weighted by molar-refractivity contribution is 5.74. The molecule has 0 saturated heterocycles. The van der Waals surface area contributed by atoms with Crippen LogP contribution in [-0.2, 0) is 4.74 Å². The lowest BCUT2D eigenvalue weighted by Crippen LogP contribution is -2.32. The average molecular weight is 273 g/mol. The summed E-state index contributed by atoms with van der Waals surface area (Å²) in [4.78, 5) is 20.6. The van der Waals surface area contributed by atoms with Crippen LogP contribution in [0.1, 0.15) is 32.5 Å². The summed E-state index contributed by atoms with van der Waals surface area (Å²) in [5.74, 6) is 0.190. The summed E-state index contributed by atoms with van der Waals surface area (Å²) in [5, 5.41) is 2.83. The Morgan fingerprint density at radius 1 is 1.30 bits per heavy atom. The summed E-state index contributed by atoms with van der Waals surface area (Å²) in [6.07, 6.45) is 1.28. The summed E-state index contributed by atoms with van der Waals surface area (Å²) in [6, 6.07) is 7.45. The van der Waals surface area contributed by atoms with Crippen LogP contribution in [0.4, 0.5) is 4.79 Å². The molecule has 0 fully saturated rings. The molecule has 5 nitrogen and oxygen atoms in total. The van der Waals surface area contributed by atoms with Gasteiger partial charge in [0, 0.05) is 0 Å². The van der Waals surface area contributed by atoms with Crippen LogP contribution in [0.5, 0.6) is 0 Å². The van der Waals surface area contributed by atoms with E-state index in [0.717, 1.165) is 16.7 Å². The van der Waals surface area contributed by atoms with Gasteiger partial charge in [0.05, 0.1) is 35.6 Å². The predicted octanol–water partition coefficient (Wildman–Crippen LogP) is 3.07. The fourth-order valence-electron chi connectivity index (χ4n) is 2.00. The van der Waals surface area contributed by atoms with E-state index >= 15 is 0 Å². The van der Waals surface area contributed by atoms with Gasteiger partial charge in [-0.3, -0.25) is 4.98 Å². The van der Waals surface area contributed by atoms with E-state index in [1.807, 2.05) is 38.1 Å². The second-order valence-corrected chi connectivity index (χ2v) is 4.87. The predicted molar refractivity (Wildman–Crippen MR) is 77.3 cm³/mol. The van der Waals surface area contributed by atoms with Crippen molar-refractivity contribution in [3.8, 4) is 0 Å². The number of ether oxygens (including phenoxy) is 1. The van der Waals surface area contributed by atoms with Gasteiger partial charge in [-0.05, 0) is 25.0 Å². The normalized spacial score (nSPS) is 12.4. The molecule has 0 bridgehead atoms. The van der Waals surface area contributed by atoms with E-state index in [0.29, 0.717) is 6.61 Å². The summed E-state index contributed by atoms with van der Waals surface area (Å²) in [7, 11) is 0. The number of fused-ring (bicyclic) bond motifs is 1. The molecule has 1 aromatic carbocycles. The highest BCUT2D eigenvalue weighted by atomic mass is 16.5. The van der Waals surface area contributed by atoms with Gasteiger partial charge in [-0.15, -0.1) is 0 Å². The highest BCUT2D eigenvalue weighted by Gasteiger charge is 2.20. The zero-order chi connectivity index (χ0) is 14.5. The smallest absolute Gasteiger partial charge is 0.407 e. The van der Waals surface area contributed by atoms with Crippen LogP contribution in [0.2, 0.25) is 0 Å². The van der Waals surface area contributed by atoms with Gasteiger partial charge in [0.15, 0.2) is 0 Å². The first-order valence-corrected chi connectivity index (χ1v) is 6.76. The van der Waals surface area contributed by atoms with Gasteiger partial charge >= 0.3 is 6.09 Å². The highest BCUT2D eigenvalue weighted by Crippen LogP contribution is 2.21. The minimum absolute atomic E-state index is 0.190. The van der Waals surface area contributed by atoms with Gasteiger partial charge in [0.25, 0.3) is 0 Å². The number of amides is 1. The Balaban J connectivity index is 2.29. The molecule has 106 valence electrons. The number of nitrogens with one attached hydrogen (secondary N) is 1. The number of nitrogens with zero attached hydrogens (tertiary/aromatic N) is 2. The van der Waals surface area contributed by atoms with Crippen molar-refractivity contribution in [1.82, 2.24) is 15.3 Å². The van der Waals surface area contributed by atoms with Crippen molar-refractivity contribution >= 4 is 17.1 Å².